The minimum Gasteiger partial charge on any atom is -0.496 e. The molecule has 0 fully saturated rings. The van der Waals surface area contributed by atoms with Crippen LogP contribution in [0.2, 0.25) is 0 Å². The molecule has 6 rings (SSSR count). The Morgan fingerprint density at radius 1 is 0.242 bits per heavy atom. The number of ether oxygens (including phenoxy) is 14. The van der Waals surface area contributed by atoms with Gasteiger partial charge in [-0.15, -0.1) is 0 Å². The maximum atomic E-state index is 6.38. The molecule has 0 unspecified atom stereocenters. The normalized spacial score (nSPS) is 10.8. The highest BCUT2D eigenvalue weighted by molar-refractivity contribution is 7.81. The quantitative estimate of drug-likeness (QED) is 0.0688. The second kappa shape index (κ2) is 22.0. The Kier molecular flexibility index (Phi) is 16.3. The Hall–Kier alpha value is -6.62. The van der Waals surface area contributed by atoms with E-state index in [1.807, 2.05) is 72.8 Å². The van der Waals surface area contributed by atoms with Crippen molar-refractivity contribution in [2.75, 3.05) is 99.5 Å². The molecule has 0 aromatic heterocycles. The molecule has 0 aliphatic rings. The standard InChI is InChI=1S/C50H56O14P2/c1-51-33-17-15-19-43(65(29-21-35(53-3)47(61-11)36(22-29)54-4)30-23-37(55-5)48(62-12)38(24-30)56-6)45(33)46-34(52-2)18-16-20-44(46)66(31-25-39(57-7)49(63-13)40(26-31)58-8)32-27-41(59-9)50(64-14)42(28-32)60-10/h15-28H,1-14H3. The van der Waals surface area contributed by atoms with Crippen LogP contribution in [0.25, 0.3) is 11.1 Å². The second-order valence-electron chi connectivity index (χ2n) is 13.9. The van der Waals surface area contributed by atoms with Gasteiger partial charge >= 0.3 is 0 Å². The van der Waals surface area contributed by atoms with Crippen LogP contribution in [0.3, 0.4) is 0 Å². The average molecular weight is 943 g/mol. The fourth-order valence-corrected chi connectivity index (χ4v) is 12.9. The first-order valence-corrected chi connectivity index (χ1v) is 23.0. The molecule has 0 bridgehead atoms. The fourth-order valence-electron chi connectivity index (χ4n) is 7.89. The van der Waals surface area contributed by atoms with Crippen LogP contribution in [0, 0.1) is 0 Å². The maximum absolute atomic E-state index is 6.38. The van der Waals surface area contributed by atoms with E-state index in [9.17, 15) is 0 Å². The molecule has 0 atom stereocenters. The molecule has 0 aliphatic carbocycles. The van der Waals surface area contributed by atoms with E-state index in [1.54, 1.807) is 99.5 Å². The van der Waals surface area contributed by atoms with E-state index in [0.29, 0.717) is 80.5 Å². The Balaban J connectivity index is 1.83. The first-order valence-electron chi connectivity index (χ1n) is 20.3. The first-order chi connectivity index (χ1) is 32.1. The topological polar surface area (TPSA) is 129 Å². The Bertz CT molecular complexity index is 2240. The number of benzene rings is 6. The van der Waals surface area contributed by atoms with Gasteiger partial charge in [-0.1, -0.05) is 24.3 Å². The molecule has 0 radical (unpaired) electrons. The molecule has 0 aliphatic heterocycles. The molecule has 6 aromatic carbocycles. The Labute approximate surface area is 388 Å². The molecule has 0 saturated heterocycles. The number of hydrogen-bond donors (Lipinski definition) is 0. The number of methoxy groups -OCH3 is 14. The highest BCUT2D eigenvalue weighted by atomic mass is 31.1. The lowest BCUT2D eigenvalue weighted by Crippen LogP contribution is -2.27. The molecule has 0 saturated carbocycles. The first kappa shape index (κ1) is 48.8. The van der Waals surface area contributed by atoms with Crippen LogP contribution >= 0.6 is 15.8 Å². The van der Waals surface area contributed by atoms with Crippen LogP contribution in [0.15, 0.2) is 84.9 Å². The van der Waals surface area contributed by atoms with E-state index in [-0.39, 0.29) is 0 Å². The average Bonchev–Trinajstić information content (AvgIpc) is 3.36. The summed E-state index contributed by atoms with van der Waals surface area (Å²) in [4.78, 5) is 0. The predicted octanol–water partition coefficient (Wildman–Crippen LogP) is 6.99. The van der Waals surface area contributed by atoms with Crippen molar-refractivity contribution >= 4 is 47.7 Å². The second-order valence-corrected chi connectivity index (χ2v) is 18.3. The molecule has 6 aromatic rings. The van der Waals surface area contributed by atoms with Crippen molar-refractivity contribution in [2.24, 2.45) is 0 Å². The van der Waals surface area contributed by atoms with Gasteiger partial charge in [-0.3, -0.25) is 0 Å². The summed E-state index contributed by atoms with van der Waals surface area (Å²) < 4.78 is 83.6. The minimum absolute atomic E-state index is 0.447. The van der Waals surface area contributed by atoms with Crippen LogP contribution in [0.4, 0.5) is 0 Å². The van der Waals surface area contributed by atoms with Gasteiger partial charge in [0.15, 0.2) is 46.0 Å². The van der Waals surface area contributed by atoms with Crippen LogP contribution in [-0.4, -0.2) is 99.5 Å². The molecule has 66 heavy (non-hydrogen) atoms. The van der Waals surface area contributed by atoms with Gasteiger partial charge in [0.2, 0.25) is 23.0 Å². The summed E-state index contributed by atoms with van der Waals surface area (Å²) in [6.07, 6.45) is 0. The lowest BCUT2D eigenvalue weighted by Gasteiger charge is -2.30. The zero-order valence-corrected chi connectivity index (χ0v) is 41.5. The Morgan fingerprint density at radius 3 is 0.606 bits per heavy atom. The third-order valence-electron chi connectivity index (χ3n) is 10.8. The summed E-state index contributed by atoms with van der Waals surface area (Å²) in [5, 5.41) is 5.13. The third-order valence-corrected chi connectivity index (χ3v) is 15.6. The van der Waals surface area contributed by atoms with Crippen LogP contribution in [-0.2, 0) is 0 Å². The summed E-state index contributed by atoms with van der Waals surface area (Å²) in [5.74, 6) is 6.74. The lowest BCUT2D eigenvalue weighted by atomic mass is 10.0. The van der Waals surface area contributed by atoms with E-state index < -0.39 is 15.8 Å². The maximum Gasteiger partial charge on any atom is 0.203 e. The molecular formula is C50H56O14P2. The van der Waals surface area contributed by atoms with Gasteiger partial charge in [0.1, 0.15) is 11.5 Å². The van der Waals surface area contributed by atoms with E-state index in [0.717, 1.165) is 43.0 Å². The van der Waals surface area contributed by atoms with Crippen molar-refractivity contribution in [3.05, 3.63) is 84.9 Å². The molecule has 0 N–H and O–H groups in total. The number of hydrogen-bond acceptors (Lipinski definition) is 14. The smallest absolute Gasteiger partial charge is 0.203 e. The van der Waals surface area contributed by atoms with Crippen molar-refractivity contribution in [1.82, 2.24) is 0 Å². The van der Waals surface area contributed by atoms with Crippen molar-refractivity contribution in [2.45, 2.75) is 0 Å². The Morgan fingerprint density at radius 2 is 0.439 bits per heavy atom. The zero-order valence-electron chi connectivity index (χ0n) is 39.7. The third kappa shape index (κ3) is 9.13. The van der Waals surface area contributed by atoms with Crippen molar-refractivity contribution in [3.63, 3.8) is 0 Å². The van der Waals surface area contributed by atoms with Gasteiger partial charge in [-0.05, 0) is 108 Å². The zero-order chi connectivity index (χ0) is 47.7. The molecule has 16 heteroatoms. The van der Waals surface area contributed by atoms with E-state index in [2.05, 4.69) is 12.1 Å². The minimum atomic E-state index is -1.61. The summed E-state index contributed by atoms with van der Waals surface area (Å²) in [5.41, 5.74) is 1.52. The molecule has 14 nitrogen and oxygen atoms in total. The largest absolute Gasteiger partial charge is 0.496 e. The summed E-state index contributed by atoms with van der Waals surface area (Å²) in [7, 11) is 19.1. The fraction of sp³-hybridized carbons (Fsp3) is 0.280. The van der Waals surface area contributed by atoms with E-state index >= 15 is 0 Å². The van der Waals surface area contributed by atoms with Gasteiger partial charge in [-0.2, -0.15) is 0 Å². The van der Waals surface area contributed by atoms with Gasteiger partial charge in [-0.25, -0.2) is 0 Å². The monoisotopic (exact) mass is 942 g/mol. The van der Waals surface area contributed by atoms with E-state index in [1.165, 1.54) is 0 Å². The van der Waals surface area contributed by atoms with Crippen LogP contribution in [0.5, 0.6) is 80.5 Å². The van der Waals surface area contributed by atoms with Gasteiger partial charge in [0, 0.05) is 11.1 Å². The molecule has 350 valence electrons. The molecule has 0 spiro atoms. The predicted molar refractivity (Wildman–Crippen MR) is 261 cm³/mol. The number of rotatable bonds is 21. The summed E-state index contributed by atoms with van der Waals surface area (Å²) in [6.45, 7) is 0. The summed E-state index contributed by atoms with van der Waals surface area (Å²) in [6, 6.07) is 27.7. The molecule has 0 amide bonds. The van der Waals surface area contributed by atoms with Gasteiger partial charge in [0.05, 0.1) is 99.5 Å². The highest BCUT2D eigenvalue weighted by Gasteiger charge is 2.34. The van der Waals surface area contributed by atoms with Crippen LogP contribution < -0.4 is 98.1 Å². The lowest BCUT2D eigenvalue weighted by molar-refractivity contribution is 0.325. The summed E-state index contributed by atoms with van der Waals surface area (Å²) >= 11 is 0. The highest BCUT2D eigenvalue weighted by Crippen LogP contribution is 2.52. The van der Waals surface area contributed by atoms with Gasteiger partial charge in [0.25, 0.3) is 0 Å². The van der Waals surface area contributed by atoms with Crippen molar-refractivity contribution in [3.8, 4) is 91.6 Å². The van der Waals surface area contributed by atoms with Crippen LogP contribution in [0.1, 0.15) is 0 Å². The molecule has 0 heterocycles. The SMILES string of the molecule is COc1cc(P(c2cc(OC)c(OC)c(OC)c2)c2cccc(OC)c2-c2c(OC)cccc2P(c2cc(OC)c(OC)c(OC)c2)c2cc(OC)c(OC)c(OC)c2)cc(OC)c1OC. The van der Waals surface area contributed by atoms with E-state index in [4.69, 9.17) is 66.3 Å². The van der Waals surface area contributed by atoms with Crippen molar-refractivity contribution < 1.29 is 66.3 Å². The van der Waals surface area contributed by atoms with Crippen molar-refractivity contribution in [1.29, 1.82) is 0 Å². The molecular weight excluding hydrogens is 886 g/mol. The van der Waals surface area contributed by atoms with Gasteiger partial charge < -0.3 is 66.3 Å².